The molecule has 0 atom stereocenters. The number of aryl methyl sites for hydroxylation is 1. The minimum atomic E-state index is -0.322. The van der Waals surface area contributed by atoms with Gasteiger partial charge in [0.05, 0.1) is 11.8 Å². The summed E-state index contributed by atoms with van der Waals surface area (Å²) in [5.74, 6) is 0.477. The van der Waals surface area contributed by atoms with Gasteiger partial charge in [0.2, 0.25) is 0 Å². The molecule has 1 N–H and O–H groups in total. The van der Waals surface area contributed by atoms with E-state index < -0.39 is 0 Å². The lowest BCUT2D eigenvalue weighted by Crippen LogP contribution is -2.37. The highest BCUT2D eigenvalue weighted by atomic mass is 19.1. The van der Waals surface area contributed by atoms with Crippen molar-refractivity contribution >= 4 is 5.82 Å². The Morgan fingerprint density at radius 2 is 2.18 bits per heavy atom. The molecular weight excluding hydrogens is 221 g/mol. The molecule has 1 heterocycles. The van der Waals surface area contributed by atoms with E-state index in [4.69, 9.17) is 0 Å². The van der Waals surface area contributed by atoms with Gasteiger partial charge >= 0.3 is 0 Å². The van der Waals surface area contributed by atoms with Crippen LogP contribution in [-0.2, 0) is 6.42 Å². The summed E-state index contributed by atoms with van der Waals surface area (Å²) >= 11 is 0. The van der Waals surface area contributed by atoms with Crippen LogP contribution < -0.4 is 4.90 Å². The summed E-state index contributed by atoms with van der Waals surface area (Å²) in [6.07, 6.45) is 3.41. The summed E-state index contributed by atoms with van der Waals surface area (Å²) in [6, 6.07) is 0. The van der Waals surface area contributed by atoms with Gasteiger partial charge in [0, 0.05) is 13.6 Å². The zero-order valence-corrected chi connectivity index (χ0v) is 10.2. The number of hydrogen-bond acceptors (Lipinski definition) is 4. The topological polar surface area (TPSA) is 49.2 Å². The molecule has 0 saturated heterocycles. The van der Waals surface area contributed by atoms with Crippen LogP contribution in [0.15, 0.2) is 6.33 Å². The third-order valence-corrected chi connectivity index (χ3v) is 3.28. The Labute approximate surface area is 101 Å². The second-order valence-electron chi connectivity index (χ2n) is 4.68. The minimum absolute atomic E-state index is 0.171. The maximum Gasteiger partial charge on any atom is 0.187 e. The molecule has 0 aromatic carbocycles. The van der Waals surface area contributed by atoms with Crippen LogP contribution >= 0.6 is 0 Å². The van der Waals surface area contributed by atoms with Gasteiger partial charge in [0.25, 0.3) is 0 Å². The van der Waals surface area contributed by atoms with Gasteiger partial charge in [-0.05, 0) is 25.2 Å². The van der Waals surface area contributed by atoms with Gasteiger partial charge in [-0.2, -0.15) is 0 Å². The zero-order chi connectivity index (χ0) is 12.4. The SMILES string of the molecule is CCc1ncnc(N(C)CC2CC(O)C2)c1F. The number of aromatic nitrogens is 2. The quantitative estimate of drug-likeness (QED) is 0.862. The first-order valence-corrected chi connectivity index (χ1v) is 6.00. The average Bonchev–Trinajstić information content (AvgIpc) is 2.27. The van der Waals surface area contributed by atoms with Crippen LogP contribution in [0.1, 0.15) is 25.5 Å². The molecule has 94 valence electrons. The lowest BCUT2D eigenvalue weighted by molar-refractivity contribution is 0.0463. The summed E-state index contributed by atoms with van der Waals surface area (Å²) in [5, 5.41) is 9.22. The van der Waals surface area contributed by atoms with Crippen molar-refractivity contribution in [2.24, 2.45) is 5.92 Å². The molecule has 1 saturated carbocycles. The maximum absolute atomic E-state index is 14.0. The van der Waals surface area contributed by atoms with Gasteiger partial charge < -0.3 is 10.0 Å². The van der Waals surface area contributed by atoms with Crippen LogP contribution in [0.25, 0.3) is 0 Å². The number of hydrogen-bond donors (Lipinski definition) is 1. The van der Waals surface area contributed by atoms with Gasteiger partial charge in [-0.15, -0.1) is 0 Å². The van der Waals surface area contributed by atoms with E-state index in [9.17, 15) is 9.50 Å². The zero-order valence-electron chi connectivity index (χ0n) is 10.2. The highest BCUT2D eigenvalue weighted by Gasteiger charge is 2.29. The smallest absolute Gasteiger partial charge is 0.187 e. The number of halogens is 1. The summed E-state index contributed by atoms with van der Waals surface area (Å²) in [7, 11) is 1.83. The molecule has 1 fully saturated rings. The molecule has 1 aromatic rings. The molecule has 2 rings (SSSR count). The number of rotatable bonds is 4. The summed E-state index contributed by atoms with van der Waals surface area (Å²) < 4.78 is 14.0. The largest absolute Gasteiger partial charge is 0.393 e. The highest BCUT2D eigenvalue weighted by Crippen LogP contribution is 2.29. The predicted octanol–water partition coefficient (Wildman–Crippen LogP) is 1.39. The monoisotopic (exact) mass is 239 g/mol. The second-order valence-corrected chi connectivity index (χ2v) is 4.68. The second kappa shape index (κ2) is 4.96. The van der Waals surface area contributed by atoms with Crippen molar-refractivity contribution in [3.63, 3.8) is 0 Å². The van der Waals surface area contributed by atoms with Crippen molar-refractivity contribution in [2.45, 2.75) is 32.3 Å². The normalized spacial score (nSPS) is 23.3. The maximum atomic E-state index is 14.0. The van der Waals surface area contributed by atoms with Gasteiger partial charge in [-0.25, -0.2) is 14.4 Å². The van der Waals surface area contributed by atoms with Crippen LogP contribution in [0, 0.1) is 11.7 Å². The van der Waals surface area contributed by atoms with Gasteiger partial charge in [-0.1, -0.05) is 6.92 Å². The fourth-order valence-corrected chi connectivity index (χ4v) is 2.23. The van der Waals surface area contributed by atoms with Gasteiger partial charge in [0.15, 0.2) is 11.6 Å². The Kier molecular flexibility index (Phi) is 3.57. The number of nitrogens with zero attached hydrogens (tertiary/aromatic N) is 3. The van der Waals surface area contributed by atoms with E-state index in [2.05, 4.69) is 9.97 Å². The highest BCUT2D eigenvalue weighted by molar-refractivity contribution is 5.40. The van der Waals surface area contributed by atoms with Gasteiger partial charge in [-0.3, -0.25) is 0 Å². The van der Waals surface area contributed by atoms with E-state index in [1.807, 2.05) is 18.9 Å². The summed E-state index contributed by atoms with van der Waals surface area (Å²) in [4.78, 5) is 9.72. The fourth-order valence-electron chi connectivity index (χ4n) is 2.23. The van der Waals surface area contributed by atoms with Crippen molar-refractivity contribution in [3.8, 4) is 0 Å². The molecule has 0 aliphatic heterocycles. The lowest BCUT2D eigenvalue weighted by atomic mass is 9.82. The standard InChI is InChI=1S/C12H18FN3O/c1-3-10-11(13)12(15-7-14-10)16(2)6-8-4-9(17)5-8/h7-9,17H,3-6H2,1-2H3. The predicted molar refractivity (Wildman–Crippen MR) is 63.4 cm³/mol. The van der Waals surface area contributed by atoms with Crippen LogP contribution in [0.5, 0.6) is 0 Å². The molecule has 1 aliphatic rings. The van der Waals surface area contributed by atoms with Crippen molar-refractivity contribution in [3.05, 3.63) is 17.8 Å². The molecule has 0 unspecified atom stereocenters. The molecular formula is C12H18FN3O. The molecule has 1 aromatic heterocycles. The first-order chi connectivity index (χ1) is 8.11. The Morgan fingerprint density at radius 1 is 1.47 bits per heavy atom. The number of aliphatic hydroxyl groups excluding tert-OH is 1. The van der Waals surface area contributed by atoms with Crippen molar-refractivity contribution in [1.29, 1.82) is 0 Å². The van der Waals surface area contributed by atoms with Gasteiger partial charge in [0.1, 0.15) is 6.33 Å². The van der Waals surface area contributed by atoms with Crippen LogP contribution in [0.3, 0.4) is 0 Å². The van der Waals surface area contributed by atoms with Crippen molar-refractivity contribution < 1.29 is 9.50 Å². The minimum Gasteiger partial charge on any atom is -0.393 e. The molecule has 1 aliphatic carbocycles. The van der Waals surface area contributed by atoms with E-state index in [1.54, 1.807) is 0 Å². The first kappa shape index (κ1) is 12.2. The average molecular weight is 239 g/mol. The molecule has 17 heavy (non-hydrogen) atoms. The number of aliphatic hydroxyl groups is 1. The van der Waals surface area contributed by atoms with Crippen molar-refractivity contribution in [2.75, 3.05) is 18.5 Å². The Balaban J connectivity index is 2.05. The Bertz CT molecular complexity index is 393. The fraction of sp³-hybridized carbons (Fsp3) is 0.667. The summed E-state index contributed by atoms with van der Waals surface area (Å²) in [6.45, 7) is 2.60. The molecule has 0 bridgehead atoms. The molecule has 0 spiro atoms. The Morgan fingerprint density at radius 3 is 2.76 bits per heavy atom. The number of anilines is 1. The van der Waals surface area contributed by atoms with Crippen LogP contribution in [0.2, 0.25) is 0 Å². The molecule has 5 heteroatoms. The van der Waals surface area contributed by atoms with E-state index in [1.165, 1.54) is 6.33 Å². The summed E-state index contributed by atoms with van der Waals surface area (Å²) in [5.41, 5.74) is 0.454. The first-order valence-electron chi connectivity index (χ1n) is 6.00. The Hall–Kier alpha value is -1.23. The third-order valence-electron chi connectivity index (χ3n) is 3.28. The molecule has 0 amide bonds. The molecule has 0 radical (unpaired) electrons. The van der Waals surface area contributed by atoms with E-state index >= 15 is 0 Å². The van der Waals surface area contributed by atoms with Crippen LogP contribution in [-0.4, -0.2) is 34.8 Å². The lowest BCUT2D eigenvalue weighted by Gasteiger charge is -2.34. The molecule has 4 nitrogen and oxygen atoms in total. The van der Waals surface area contributed by atoms with E-state index in [-0.39, 0.29) is 11.9 Å². The van der Waals surface area contributed by atoms with E-state index in [0.29, 0.717) is 23.9 Å². The van der Waals surface area contributed by atoms with E-state index in [0.717, 1.165) is 19.4 Å². The van der Waals surface area contributed by atoms with Crippen molar-refractivity contribution in [1.82, 2.24) is 9.97 Å². The van der Waals surface area contributed by atoms with Crippen LogP contribution in [0.4, 0.5) is 10.2 Å². The third kappa shape index (κ3) is 2.54.